The summed E-state index contributed by atoms with van der Waals surface area (Å²) >= 11 is 0. The van der Waals surface area contributed by atoms with Gasteiger partial charge in [-0.1, -0.05) is 20.8 Å². The van der Waals surface area contributed by atoms with Crippen molar-refractivity contribution in [3.05, 3.63) is 29.1 Å². The van der Waals surface area contributed by atoms with E-state index in [9.17, 15) is 22.2 Å². The molecule has 0 aromatic carbocycles. The number of rotatable bonds is 4. The van der Waals surface area contributed by atoms with Crippen LogP contribution >= 0.6 is 0 Å². The van der Waals surface area contributed by atoms with Gasteiger partial charge in [0.15, 0.2) is 0 Å². The summed E-state index contributed by atoms with van der Waals surface area (Å²) in [6, 6.07) is 1.62. The molecule has 2 aliphatic heterocycles. The minimum atomic E-state index is -4.44. The van der Waals surface area contributed by atoms with Crippen LogP contribution in [0.1, 0.15) is 69.7 Å². The average molecular weight is 474 g/mol. The van der Waals surface area contributed by atoms with Gasteiger partial charge in [0, 0.05) is 65.8 Å². The number of carbonyl (C=O) groups excluding carboxylic acids is 1. The van der Waals surface area contributed by atoms with Crippen molar-refractivity contribution in [2.45, 2.75) is 84.1 Å². The van der Waals surface area contributed by atoms with Crippen LogP contribution in [0.5, 0.6) is 0 Å². The van der Waals surface area contributed by atoms with Crippen molar-refractivity contribution in [1.82, 2.24) is 15.2 Å². The Labute approximate surface area is 191 Å². The van der Waals surface area contributed by atoms with E-state index in [0.717, 1.165) is 43.7 Å². The summed E-state index contributed by atoms with van der Waals surface area (Å²) < 4.78 is 50.8. The van der Waals surface area contributed by atoms with Crippen LogP contribution in [0.4, 0.5) is 13.2 Å². The monoisotopic (exact) mass is 473 g/mol. The zero-order chi connectivity index (χ0) is 23.5. The Morgan fingerprint density at radius 3 is 2.69 bits per heavy atom. The number of nitrogens with one attached hydrogen (secondary N) is 1. The fraction of sp³-hybridized carbons (Fsp3) is 0.739. The summed E-state index contributed by atoms with van der Waals surface area (Å²) in [5, 5.41) is 3.60. The van der Waals surface area contributed by atoms with Gasteiger partial charge < -0.3 is 10.2 Å². The summed E-state index contributed by atoms with van der Waals surface area (Å²) in [6.45, 7) is 6.70. The lowest BCUT2D eigenvalue weighted by Crippen LogP contribution is -2.46. The van der Waals surface area contributed by atoms with E-state index in [1.807, 2.05) is 20.8 Å². The van der Waals surface area contributed by atoms with Crippen LogP contribution in [0.3, 0.4) is 0 Å². The summed E-state index contributed by atoms with van der Waals surface area (Å²) in [7, 11) is -0.740. The topological polar surface area (TPSA) is 62.3 Å². The highest BCUT2D eigenvalue weighted by molar-refractivity contribution is 7.85. The number of pyridine rings is 1. The molecule has 0 spiro atoms. The van der Waals surface area contributed by atoms with E-state index in [0.29, 0.717) is 36.4 Å². The maximum atomic E-state index is 13.5. The molecule has 9 heteroatoms. The molecule has 4 atom stereocenters. The molecule has 180 valence electrons. The smallest absolute Gasteiger partial charge is 0.337 e. The summed E-state index contributed by atoms with van der Waals surface area (Å²) in [6.07, 6.45) is 0.954. The molecule has 0 bridgehead atoms. The second kappa shape index (κ2) is 10.2. The molecule has 1 saturated carbocycles. The number of fused-ring (bicyclic) bond motifs is 1. The maximum Gasteiger partial charge on any atom is 0.417 e. The minimum Gasteiger partial charge on any atom is -0.337 e. The van der Waals surface area contributed by atoms with Crippen molar-refractivity contribution in [2.24, 2.45) is 5.41 Å². The molecule has 1 aliphatic carbocycles. The third-order valence-electron chi connectivity index (χ3n) is 6.95. The van der Waals surface area contributed by atoms with Crippen LogP contribution < -0.4 is 5.32 Å². The van der Waals surface area contributed by atoms with E-state index in [-0.39, 0.29) is 24.5 Å². The van der Waals surface area contributed by atoms with E-state index >= 15 is 0 Å². The Bertz CT molecular complexity index is 848. The molecule has 4 rings (SSSR count). The maximum absolute atomic E-state index is 13.5. The van der Waals surface area contributed by atoms with Crippen LogP contribution in [0.15, 0.2) is 12.3 Å². The van der Waals surface area contributed by atoms with E-state index in [1.54, 1.807) is 4.90 Å². The van der Waals surface area contributed by atoms with Gasteiger partial charge in [-0.25, -0.2) is 0 Å². The van der Waals surface area contributed by atoms with Crippen molar-refractivity contribution in [1.29, 1.82) is 0 Å². The quantitative estimate of drug-likeness (QED) is 0.716. The predicted octanol–water partition coefficient (Wildman–Crippen LogP) is 4.07. The van der Waals surface area contributed by atoms with Gasteiger partial charge in [0.25, 0.3) is 0 Å². The lowest BCUT2D eigenvalue weighted by atomic mass is 9.81. The Balaban J connectivity index is 0.00000141. The van der Waals surface area contributed by atoms with Gasteiger partial charge in [-0.15, -0.1) is 0 Å². The van der Waals surface area contributed by atoms with Crippen LogP contribution in [0.2, 0.25) is 0 Å². The highest BCUT2D eigenvalue weighted by Gasteiger charge is 2.47. The summed E-state index contributed by atoms with van der Waals surface area (Å²) in [5.74, 6) is 1.47. The molecule has 3 aliphatic rings. The number of amides is 1. The van der Waals surface area contributed by atoms with Gasteiger partial charge in [0.2, 0.25) is 5.91 Å². The highest BCUT2D eigenvalue weighted by atomic mass is 32.2. The van der Waals surface area contributed by atoms with Crippen molar-refractivity contribution < 1.29 is 22.2 Å². The molecule has 2 fully saturated rings. The number of nitrogens with zero attached hydrogens (tertiary/aromatic N) is 2. The van der Waals surface area contributed by atoms with E-state index in [1.165, 1.54) is 0 Å². The second-order valence-electron chi connectivity index (χ2n) is 8.84. The van der Waals surface area contributed by atoms with Gasteiger partial charge in [0.05, 0.1) is 11.0 Å². The largest absolute Gasteiger partial charge is 0.417 e. The average Bonchev–Trinajstić information content (AvgIpc) is 3.40. The fourth-order valence-corrected chi connectivity index (χ4v) is 6.58. The molecule has 0 radical (unpaired) electrons. The van der Waals surface area contributed by atoms with Gasteiger partial charge in [-0.2, -0.15) is 13.2 Å². The molecule has 1 aromatic heterocycles. The number of aromatic nitrogens is 1. The van der Waals surface area contributed by atoms with Crippen LogP contribution in [-0.4, -0.2) is 50.1 Å². The van der Waals surface area contributed by atoms with Crippen LogP contribution in [-0.2, 0) is 34.7 Å². The summed E-state index contributed by atoms with van der Waals surface area (Å²) in [5.41, 5.74) is -0.0865. The first kappa shape index (κ1) is 25.1. The molecule has 1 N–H and O–H groups in total. The zero-order valence-electron chi connectivity index (χ0n) is 19.1. The second-order valence-corrected chi connectivity index (χ2v) is 10.5. The first-order valence-electron chi connectivity index (χ1n) is 11.7. The number of alkyl halides is 3. The standard InChI is InChI=1S/C21H28F3N3O2S.C2H6/c1-2-20(6-3-16(10-20)26-17-5-8-30(29)13-17)19(28)27-7-4-18-14(12-27)9-15(11-25-18)21(22,23)24;1-2/h9,11,16-17,26H,2-8,10,12-13H2,1H3;1-2H3/t16?,17-,20?,30?;/m1./s1. The van der Waals surface area contributed by atoms with Crippen molar-refractivity contribution in [2.75, 3.05) is 18.1 Å². The molecule has 5 nitrogen and oxygen atoms in total. The third kappa shape index (κ3) is 5.35. The molecule has 3 heterocycles. The van der Waals surface area contributed by atoms with E-state index in [4.69, 9.17) is 0 Å². The first-order valence-corrected chi connectivity index (χ1v) is 13.1. The molecular weight excluding hydrogens is 439 g/mol. The van der Waals surface area contributed by atoms with Crippen molar-refractivity contribution in [3.8, 4) is 0 Å². The number of halogens is 3. The minimum absolute atomic E-state index is 0.0485. The third-order valence-corrected chi connectivity index (χ3v) is 8.41. The fourth-order valence-electron chi connectivity index (χ4n) is 5.15. The highest BCUT2D eigenvalue weighted by Crippen LogP contribution is 2.44. The van der Waals surface area contributed by atoms with Crippen molar-refractivity contribution in [3.63, 3.8) is 0 Å². The normalized spacial score (nSPS) is 29.9. The molecule has 3 unspecified atom stereocenters. The van der Waals surface area contributed by atoms with Gasteiger partial charge in [-0.05, 0) is 43.7 Å². The number of hydrogen-bond acceptors (Lipinski definition) is 4. The number of carbonyl (C=O) groups is 1. The first-order chi connectivity index (χ1) is 15.2. The molecule has 1 aromatic rings. The van der Waals surface area contributed by atoms with Gasteiger partial charge >= 0.3 is 6.18 Å². The molecule has 1 saturated heterocycles. The zero-order valence-corrected chi connectivity index (χ0v) is 20.0. The Morgan fingerprint density at radius 2 is 2.06 bits per heavy atom. The van der Waals surface area contributed by atoms with Crippen LogP contribution in [0.25, 0.3) is 0 Å². The Hall–Kier alpha value is -1.48. The number of hydrogen-bond donors (Lipinski definition) is 1. The van der Waals surface area contributed by atoms with Gasteiger partial charge in [-0.3, -0.25) is 14.0 Å². The Morgan fingerprint density at radius 1 is 1.31 bits per heavy atom. The molecular formula is C23H34F3N3O2S. The lowest BCUT2D eigenvalue weighted by molar-refractivity contribution is -0.143. The van der Waals surface area contributed by atoms with Crippen LogP contribution in [0, 0.1) is 5.41 Å². The van der Waals surface area contributed by atoms with Crippen molar-refractivity contribution >= 4 is 16.7 Å². The molecule has 1 amide bonds. The Kier molecular flexibility index (Phi) is 8.02. The SMILES string of the molecule is CC.CCC1(C(=O)N2CCc3ncc(C(F)(F)F)cc3C2)CCC(N[C@@H]2CCS(=O)C2)C1. The van der Waals surface area contributed by atoms with Gasteiger partial charge in [0.1, 0.15) is 0 Å². The summed E-state index contributed by atoms with van der Waals surface area (Å²) in [4.78, 5) is 19.2. The molecule has 32 heavy (non-hydrogen) atoms. The lowest BCUT2D eigenvalue weighted by Gasteiger charge is -2.37. The van der Waals surface area contributed by atoms with E-state index < -0.39 is 28.0 Å². The predicted molar refractivity (Wildman–Crippen MR) is 119 cm³/mol. The van der Waals surface area contributed by atoms with E-state index in [2.05, 4.69) is 10.3 Å².